The summed E-state index contributed by atoms with van der Waals surface area (Å²) in [6.07, 6.45) is -0.363. The van der Waals surface area contributed by atoms with E-state index in [9.17, 15) is 19.3 Å². The van der Waals surface area contributed by atoms with Crippen LogP contribution in [-0.2, 0) is 4.79 Å². The Morgan fingerprint density at radius 3 is 2.76 bits per heavy atom. The minimum absolute atomic E-state index is 0.245. The number of aryl methyl sites for hydroxylation is 1. The van der Waals surface area contributed by atoms with E-state index in [0.29, 0.717) is 5.56 Å². The lowest BCUT2D eigenvalue weighted by Gasteiger charge is -1.99. The molecule has 0 aromatic heterocycles. The fourth-order valence-corrected chi connectivity index (χ4v) is 1.16. The maximum atomic E-state index is 13.2. The third-order valence-electron chi connectivity index (χ3n) is 1.95. The third kappa shape index (κ3) is 3.28. The van der Waals surface area contributed by atoms with E-state index in [-0.39, 0.29) is 12.0 Å². The second-order valence-electron chi connectivity index (χ2n) is 3.25. The van der Waals surface area contributed by atoms with Crippen LogP contribution in [0.15, 0.2) is 12.1 Å². The number of nitro benzene ring substituents is 1. The Balaban J connectivity index is 3.10. The number of hydrogen-bond acceptors (Lipinski definition) is 3. The average Bonchev–Trinajstić information content (AvgIpc) is 2.21. The predicted octanol–water partition coefficient (Wildman–Crippen LogP) is 1.87. The minimum Gasteiger partial charge on any atom is -0.481 e. The van der Waals surface area contributed by atoms with E-state index in [0.717, 1.165) is 12.1 Å². The van der Waals surface area contributed by atoms with Gasteiger partial charge in [-0.05, 0) is 18.6 Å². The van der Waals surface area contributed by atoms with Gasteiger partial charge in [0.15, 0.2) is 0 Å². The Labute approximate surface area is 96.0 Å². The summed E-state index contributed by atoms with van der Waals surface area (Å²) in [5.41, 5.74) is 0.0524. The van der Waals surface area contributed by atoms with Gasteiger partial charge in [-0.15, -0.1) is 0 Å². The molecule has 0 fully saturated rings. The number of hydrogen-bond donors (Lipinski definition) is 1. The molecule has 1 rings (SSSR count). The van der Waals surface area contributed by atoms with Crippen LogP contribution in [0.2, 0.25) is 0 Å². The summed E-state index contributed by atoms with van der Waals surface area (Å²) < 4.78 is 13.2. The Morgan fingerprint density at radius 2 is 2.24 bits per heavy atom. The van der Waals surface area contributed by atoms with Gasteiger partial charge in [0.1, 0.15) is 6.42 Å². The van der Waals surface area contributed by atoms with Gasteiger partial charge >= 0.3 is 11.7 Å². The van der Waals surface area contributed by atoms with Crippen LogP contribution in [0.1, 0.15) is 17.5 Å². The lowest BCUT2D eigenvalue weighted by molar-refractivity contribution is -0.387. The molecule has 0 radical (unpaired) electrons. The van der Waals surface area contributed by atoms with E-state index >= 15 is 0 Å². The van der Waals surface area contributed by atoms with E-state index in [1.807, 2.05) is 0 Å². The van der Waals surface area contributed by atoms with Gasteiger partial charge < -0.3 is 5.11 Å². The van der Waals surface area contributed by atoms with Crippen molar-refractivity contribution in [1.82, 2.24) is 0 Å². The molecule has 0 amide bonds. The van der Waals surface area contributed by atoms with Gasteiger partial charge in [-0.1, -0.05) is 11.8 Å². The molecule has 0 spiro atoms. The van der Waals surface area contributed by atoms with Crippen molar-refractivity contribution in [1.29, 1.82) is 0 Å². The molecule has 1 aromatic rings. The van der Waals surface area contributed by atoms with Gasteiger partial charge in [0.2, 0.25) is 5.82 Å². The summed E-state index contributed by atoms with van der Waals surface area (Å²) in [4.78, 5) is 19.8. The molecule has 0 saturated carbocycles. The molecule has 88 valence electrons. The van der Waals surface area contributed by atoms with Crippen LogP contribution in [0.3, 0.4) is 0 Å². The molecule has 0 unspecified atom stereocenters. The standard InChI is InChI=1S/C11H8FNO4/c1-7-5-10(13(16)17)9(12)6-8(7)3-2-4-11(14)15/h5-6H,4H2,1H3,(H,14,15). The van der Waals surface area contributed by atoms with Gasteiger partial charge in [0, 0.05) is 11.6 Å². The predicted molar refractivity (Wildman–Crippen MR) is 56.9 cm³/mol. The molecular formula is C11H8FNO4. The van der Waals surface area contributed by atoms with Crippen LogP contribution in [-0.4, -0.2) is 16.0 Å². The van der Waals surface area contributed by atoms with Crippen LogP contribution in [0.4, 0.5) is 10.1 Å². The topological polar surface area (TPSA) is 80.4 Å². The van der Waals surface area contributed by atoms with Crippen LogP contribution < -0.4 is 0 Å². The fourth-order valence-electron chi connectivity index (χ4n) is 1.16. The number of nitrogens with zero attached hydrogens (tertiary/aromatic N) is 1. The lowest BCUT2D eigenvalue weighted by atomic mass is 10.1. The Kier molecular flexibility index (Phi) is 3.78. The Bertz CT molecular complexity index is 542. The Morgan fingerprint density at radius 1 is 1.59 bits per heavy atom. The van der Waals surface area contributed by atoms with Gasteiger partial charge in [-0.25, -0.2) is 0 Å². The number of aliphatic carboxylic acids is 1. The molecule has 0 saturated heterocycles. The van der Waals surface area contributed by atoms with Crippen molar-refractivity contribution in [3.8, 4) is 11.8 Å². The first-order chi connectivity index (χ1) is 7.91. The monoisotopic (exact) mass is 237 g/mol. The van der Waals surface area contributed by atoms with Gasteiger partial charge in [0.25, 0.3) is 0 Å². The SMILES string of the molecule is Cc1cc([N+](=O)[O-])c(F)cc1C#CCC(=O)O. The molecule has 0 atom stereocenters. The van der Waals surface area contributed by atoms with Gasteiger partial charge in [-0.3, -0.25) is 14.9 Å². The average molecular weight is 237 g/mol. The molecule has 0 aliphatic heterocycles. The molecule has 0 aliphatic rings. The highest BCUT2D eigenvalue weighted by Crippen LogP contribution is 2.21. The molecule has 1 N–H and O–H groups in total. The minimum atomic E-state index is -1.09. The third-order valence-corrected chi connectivity index (χ3v) is 1.95. The van der Waals surface area contributed by atoms with Crippen molar-refractivity contribution in [2.75, 3.05) is 0 Å². The molecule has 0 bridgehead atoms. The van der Waals surface area contributed by atoms with E-state index < -0.39 is 22.4 Å². The molecule has 6 heteroatoms. The van der Waals surface area contributed by atoms with Gasteiger partial charge in [0.05, 0.1) is 4.92 Å². The zero-order valence-corrected chi connectivity index (χ0v) is 8.86. The molecule has 1 aromatic carbocycles. The first-order valence-corrected chi connectivity index (χ1v) is 4.57. The van der Waals surface area contributed by atoms with Gasteiger partial charge in [-0.2, -0.15) is 4.39 Å². The summed E-state index contributed by atoms with van der Waals surface area (Å²) in [6.45, 7) is 1.54. The summed E-state index contributed by atoms with van der Waals surface area (Å²) in [6, 6.07) is 2.00. The molecular weight excluding hydrogens is 229 g/mol. The largest absolute Gasteiger partial charge is 0.481 e. The lowest BCUT2D eigenvalue weighted by Crippen LogP contribution is -1.96. The van der Waals surface area contributed by atoms with E-state index in [4.69, 9.17) is 5.11 Å². The first-order valence-electron chi connectivity index (χ1n) is 4.57. The fraction of sp³-hybridized carbons (Fsp3) is 0.182. The highest BCUT2D eigenvalue weighted by molar-refractivity contribution is 5.70. The van der Waals surface area contributed by atoms with Crippen molar-refractivity contribution in [3.63, 3.8) is 0 Å². The summed E-state index contributed by atoms with van der Waals surface area (Å²) in [7, 11) is 0. The number of carbonyl (C=O) groups is 1. The number of benzene rings is 1. The first kappa shape index (κ1) is 12.6. The van der Waals surface area contributed by atoms with Crippen LogP contribution >= 0.6 is 0 Å². The normalized spacial score (nSPS) is 9.29. The number of halogens is 1. The summed E-state index contributed by atoms with van der Waals surface area (Å²) in [5, 5.41) is 18.8. The smallest absolute Gasteiger partial charge is 0.315 e. The number of carboxylic acid groups (broad SMARTS) is 1. The van der Waals surface area contributed by atoms with Crippen molar-refractivity contribution >= 4 is 11.7 Å². The zero-order valence-electron chi connectivity index (χ0n) is 8.86. The van der Waals surface area contributed by atoms with Crippen LogP contribution in [0, 0.1) is 34.7 Å². The van der Waals surface area contributed by atoms with E-state index in [2.05, 4.69) is 11.8 Å². The van der Waals surface area contributed by atoms with Crippen LogP contribution in [0.5, 0.6) is 0 Å². The Hall–Kier alpha value is -2.42. The second-order valence-corrected chi connectivity index (χ2v) is 3.25. The van der Waals surface area contributed by atoms with E-state index in [1.165, 1.54) is 6.92 Å². The molecule has 5 nitrogen and oxygen atoms in total. The van der Waals surface area contributed by atoms with Crippen molar-refractivity contribution in [2.24, 2.45) is 0 Å². The zero-order chi connectivity index (χ0) is 13.0. The van der Waals surface area contributed by atoms with Crippen molar-refractivity contribution in [2.45, 2.75) is 13.3 Å². The van der Waals surface area contributed by atoms with Crippen molar-refractivity contribution in [3.05, 3.63) is 39.2 Å². The highest BCUT2D eigenvalue weighted by Gasteiger charge is 2.15. The maximum Gasteiger partial charge on any atom is 0.315 e. The maximum absolute atomic E-state index is 13.2. The van der Waals surface area contributed by atoms with Crippen molar-refractivity contribution < 1.29 is 19.2 Å². The number of carboxylic acids is 1. The summed E-state index contributed by atoms with van der Waals surface area (Å²) in [5.74, 6) is 2.72. The van der Waals surface area contributed by atoms with E-state index in [1.54, 1.807) is 0 Å². The van der Waals surface area contributed by atoms with Crippen LogP contribution in [0.25, 0.3) is 0 Å². The quantitative estimate of drug-likeness (QED) is 0.483. The number of rotatable bonds is 2. The highest BCUT2D eigenvalue weighted by atomic mass is 19.1. The molecule has 0 heterocycles. The molecule has 0 aliphatic carbocycles. The summed E-state index contributed by atoms with van der Waals surface area (Å²) >= 11 is 0. The molecule has 17 heavy (non-hydrogen) atoms. The number of nitro groups is 1. The second kappa shape index (κ2) is 5.07.